The summed E-state index contributed by atoms with van der Waals surface area (Å²) in [6, 6.07) is 20.0. The highest BCUT2D eigenvalue weighted by atomic mass is 16.6. The Morgan fingerprint density at radius 1 is 0.720 bits per heavy atom. The summed E-state index contributed by atoms with van der Waals surface area (Å²) in [5.74, 6) is -2.83. The number of aliphatic carboxylic acids is 2. The summed E-state index contributed by atoms with van der Waals surface area (Å²) in [5, 5.41) is 54.0. The van der Waals surface area contributed by atoms with Crippen LogP contribution in [0.2, 0.25) is 0 Å². The van der Waals surface area contributed by atoms with Gasteiger partial charge in [0.25, 0.3) is 0 Å². The standard InChI is InChI=1S/C33H48N2O7.C17H27NO2.C16H21NO3/c1-9-11-12-14-24(19-34)18-33(8,28(37)38)22-32(7,10-2)29(39)41-20-27(36)21-42-30(40)35-31(5,6)26-16-13-15-25(17-26)23(3)4;1-5-14(3)10-8-7-9-11-15(13-18)12-17(4,6-2)16(19)20;1-11(2)12-6-5-7-13(8-12)16(3,4)17-15(18)20-10-14-9-19-14/h11-13,15-17,24,27,36H,3,9-10,14,18,20-22H2,1-2,4-8H3,(H,35,40)(H,37,38);5,7,9,14-15H,1,6,8,10-12H2,2-4H3,(H,19,20);5-8,14H,1,9-10H2,2-4H3,(H,17,18). The molecular formula is C66H96N4O12. The van der Waals surface area contributed by atoms with Crippen LogP contribution in [0, 0.1) is 56.7 Å². The lowest BCUT2D eigenvalue weighted by Crippen LogP contribution is -2.43. The molecule has 1 saturated heterocycles. The number of esters is 1. The fourth-order valence-corrected chi connectivity index (χ4v) is 8.53. The molecule has 2 aromatic carbocycles. The molecule has 8 unspecified atom stereocenters. The molecule has 2 aromatic rings. The number of nitrogens with one attached hydrogen (secondary N) is 2. The minimum atomic E-state index is -1.35. The topological polar surface area (TPSA) is 258 Å². The van der Waals surface area contributed by atoms with E-state index >= 15 is 0 Å². The van der Waals surface area contributed by atoms with Crippen molar-refractivity contribution in [1.29, 1.82) is 10.5 Å². The van der Waals surface area contributed by atoms with E-state index in [1.54, 1.807) is 27.7 Å². The maximum absolute atomic E-state index is 13.1. The molecule has 1 heterocycles. The number of aliphatic hydroxyl groups excluding tert-OH is 1. The van der Waals surface area contributed by atoms with Gasteiger partial charge in [-0.2, -0.15) is 10.5 Å². The number of allylic oxidation sites excluding steroid dienone is 7. The monoisotopic (exact) mass is 1140 g/mol. The lowest BCUT2D eigenvalue weighted by molar-refractivity contribution is -0.164. The summed E-state index contributed by atoms with van der Waals surface area (Å²) in [4.78, 5) is 60.9. The molecular weight excluding hydrogens is 1040 g/mol. The van der Waals surface area contributed by atoms with Gasteiger partial charge < -0.3 is 44.9 Å². The SMILES string of the molecule is C=C(C)c1cccc(C(C)(C)NC(=O)OCC(O)COC(=O)C(C)(CC)CC(C)(CC(C#N)CC=CCC)C(=O)O)c1.C=C(C)c1cccc(C(C)(C)NC(=O)OCC2CO2)c1.C=CC(C)CCC=CCC(C#N)CC(C)(CC)C(=O)O. The average Bonchev–Trinajstić information content (AvgIpc) is 4.28. The van der Waals surface area contributed by atoms with Gasteiger partial charge in [0.1, 0.15) is 32.0 Å². The summed E-state index contributed by atoms with van der Waals surface area (Å²) in [7, 11) is 0. The number of alkyl carbamates (subject to hydrolysis) is 2. The van der Waals surface area contributed by atoms with E-state index in [1.165, 1.54) is 0 Å². The van der Waals surface area contributed by atoms with Crippen LogP contribution in [0.4, 0.5) is 9.59 Å². The van der Waals surface area contributed by atoms with E-state index in [9.17, 15) is 44.6 Å². The Balaban J connectivity index is 0.000000695. The van der Waals surface area contributed by atoms with Gasteiger partial charge in [-0.05, 0) is 167 Å². The number of nitrogens with zero attached hydrogens (tertiary/aromatic N) is 2. The van der Waals surface area contributed by atoms with Crippen LogP contribution in [0.5, 0.6) is 0 Å². The molecule has 452 valence electrons. The molecule has 16 nitrogen and oxygen atoms in total. The molecule has 1 fully saturated rings. The number of hydrogen-bond acceptors (Lipinski definition) is 12. The van der Waals surface area contributed by atoms with Gasteiger partial charge in [0.2, 0.25) is 0 Å². The highest BCUT2D eigenvalue weighted by molar-refractivity contribution is 5.80. The second kappa shape index (κ2) is 35.1. The van der Waals surface area contributed by atoms with Gasteiger partial charge in [0.05, 0.1) is 57.9 Å². The zero-order valence-electron chi connectivity index (χ0n) is 51.3. The fraction of sp³-hybridized carbons (Fsp3) is 0.561. The molecule has 0 aliphatic carbocycles. The Hall–Kier alpha value is -7.01. The number of carbonyl (C=O) groups is 5. The van der Waals surface area contributed by atoms with Gasteiger partial charge in [0.15, 0.2) is 0 Å². The normalized spacial score (nSPS) is 16.6. The molecule has 0 aromatic heterocycles. The first-order valence-electron chi connectivity index (χ1n) is 28.4. The quantitative estimate of drug-likeness (QED) is 0.0198. The summed E-state index contributed by atoms with van der Waals surface area (Å²) >= 11 is 0. The van der Waals surface area contributed by atoms with Crippen molar-refractivity contribution in [3.8, 4) is 12.1 Å². The van der Waals surface area contributed by atoms with Crippen LogP contribution in [0.1, 0.15) is 176 Å². The average molecular weight is 1140 g/mol. The minimum absolute atomic E-state index is 0.0446. The second-order valence-corrected chi connectivity index (χ2v) is 23.5. The smallest absolute Gasteiger partial charge is 0.407 e. The lowest BCUT2D eigenvalue weighted by atomic mass is 9.67. The maximum Gasteiger partial charge on any atom is 0.407 e. The van der Waals surface area contributed by atoms with Crippen molar-refractivity contribution in [2.24, 2.45) is 34.0 Å². The Bertz CT molecular complexity index is 2590. The molecule has 82 heavy (non-hydrogen) atoms. The molecule has 0 spiro atoms. The summed E-state index contributed by atoms with van der Waals surface area (Å²) in [5.41, 5.74) is 1.17. The number of benzene rings is 2. The van der Waals surface area contributed by atoms with Crippen LogP contribution >= 0.6 is 0 Å². The van der Waals surface area contributed by atoms with Crippen molar-refractivity contribution >= 4 is 41.2 Å². The van der Waals surface area contributed by atoms with E-state index in [0.717, 1.165) is 52.7 Å². The summed E-state index contributed by atoms with van der Waals surface area (Å²) < 4.78 is 20.6. The van der Waals surface area contributed by atoms with Gasteiger partial charge in [0, 0.05) is 0 Å². The predicted molar refractivity (Wildman–Crippen MR) is 323 cm³/mol. The van der Waals surface area contributed by atoms with E-state index in [2.05, 4.69) is 55.5 Å². The van der Waals surface area contributed by atoms with Gasteiger partial charge in [-0.1, -0.05) is 119 Å². The number of carboxylic acid groups (broad SMARTS) is 2. The van der Waals surface area contributed by atoms with Crippen LogP contribution in [0.3, 0.4) is 0 Å². The minimum Gasteiger partial charge on any atom is -0.481 e. The molecule has 8 atom stereocenters. The first kappa shape index (κ1) is 73.0. The second-order valence-electron chi connectivity index (χ2n) is 23.5. The van der Waals surface area contributed by atoms with E-state index in [0.29, 0.717) is 51.2 Å². The van der Waals surface area contributed by atoms with Crippen molar-refractivity contribution in [1.82, 2.24) is 10.6 Å². The third kappa shape index (κ3) is 26.3. The molecule has 2 amide bonds. The number of nitriles is 2. The van der Waals surface area contributed by atoms with Gasteiger partial charge in [-0.3, -0.25) is 14.4 Å². The van der Waals surface area contributed by atoms with Crippen LogP contribution in [0.25, 0.3) is 11.1 Å². The summed E-state index contributed by atoms with van der Waals surface area (Å²) in [6.45, 7) is 35.8. The van der Waals surface area contributed by atoms with E-state index in [4.69, 9.17) is 24.2 Å². The van der Waals surface area contributed by atoms with Crippen molar-refractivity contribution in [3.05, 3.63) is 121 Å². The molecule has 16 heteroatoms. The third-order valence-electron chi connectivity index (χ3n) is 14.8. The van der Waals surface area contributed by atoms with E-state index < -0.39 is 82.7 Å². The highest BCUT2D eigenvalue weighted by Crippen LogP contribution is 2.43. The molecule has 0 saturated carbocycles. The Kier molecular flexibility index (Phi) is 31.2. The number of ether oxygens (including phenoxy) is 4. The zero-order valence-corrected chi connectivity index (χ0v) is 51.3. The number of aliphatic hydroxyl groups is 1. The number of carbonyl (C=O) groups excluding carboxylic acids is 3. The van der Waals surface area contributed by atoms with E-state index in [-0.39, 0.29) is 24.9 Å². The largest absolute Gasteiger partial charge is 0.481 e. The number of hydrogen-bond donors (Lipinski definition) is 5. The van der Waals surface area contributed by atoms with Crippen LogP contribution in [-0.2, 0) is 44.4 Å². The Morgan fingerprint density at radius 3 is 1.59 bits per heavy atom. The zero-order chi connectivity index (χ0) is 62.5. The number of epoxide rings is 1. The molecule has 5 N–H and O–H groups in total. The van der Waals surface area contributed by atoms with Gasteiger partial charge in [-0.25, -0.2) is 9.59 Å². The predicted octanol–water partition coefficient (Wildman–Crippen LogP) is 14.0. The van der Waals surface area contributed by atoms with Crippen molar-refractivity contribution in [2.75, 3.05) is 26.4 Å². The number of amides is 2. The summed E-state index contributed by atoms with van der Waals surface area (Å²) in [6.07, 6.45) is 12.6. The van der Waals surface area contributed by atoms with Crippen molar-refractivity contribution in [3.63, 3.8) is 0 Å². The van der Waals surface area contributed by atoms with Crippen molar-refractivity contribution < 1.29 is 58.2 Å². The van der Waals surface area contributed by atoms with Gasteiger partial charge >= 0.3 is 30.1 Å². The molecule has 1 aliphatic rings. The third-order valence-corrected chi connectivity index (χ3v) is 14.8. The molecule has 3 rings (SSSR count). The van der Waals surface area contributed by atoms with Crippen LogP contribution < -0.4 is 10.6 Å². The fourth-order valence-electron chi connectivity index (χ4n) is 8.53. The number of carboxylic acids is 2. The first-order chi connectivity index (χ1) is 38.3. The Morgan fingerprint density at radius 2 is 1.17 bits per heavy atom. The maximum atomic E-state index is 13.1. The van der Waals surface area contributed by atoms with Crippen LogP contribution in [0.15, 0.2) is 98.6 Å². The number of rotatable bonds is 32. The lowest BCUT2D eigenvalue weighted by Gasteiger charge is -2.36. The first-order valence-corrected chi connectivity index (χ1v) is 28.4. The molecule has 0 bridgehead atoms. The Labute approximate surface area is 489 Å². The molecule has 0 radical (unpaired) electrons. The van der Waals surface area contributed by atoms with Gasteiger partial charge in [-0.15, -0.1) is 6.58 Å². The highest BCUT2D eigenvalue weighted by Gasteiger charge is 2.46. The van der Waals surface area contributed by atoms with Crippen LogP contribution in [-0.4, -0.2) is 84.0 Å². The van der Waals surface area contributed by atoms with E-state index in [1.807, 2.05) is 128 Å². The molecule has 1 aliphatic heterocycles. The van der Waals surface area contributed by atoms with Crippen molar-refractivity contribution in [2.45, 2.75) is 178 Å².